The highest BCUT2D eigenvalue weighted by atomic mass is 15.5. The van der Waals surface area contributed by atoms with Crippen LogP contribution < -0.4 is 5.01 Å². The number of nitriles is 1. The minimum absolute atomic E-state index is 0.107. The molecule has 0 radical (unpaired) electrons. The van der Waals surface area contributed by atoms with Crippen LogP contribution in [-0.4, -0.2) is 11.8 Å². The van der Waals surface area contributed by atoms with Crippen molar-refractivity contribution in [2.24, 2.45) is 11.0 Å². The topological polar surface area (TPSA) is 39.4 Å². The van der Waals surface area contributed by atoms with Crippen LogP contribution >= 0.6 is 0 Å². The van der Waals surface area contributed by atoms with Crippen molar-refractivity contribution < 1.29 is 0 Å². The Morgan fingerprint density at radius 1 is 1.29 bits per heavy atom. The molecule has 1 aliphatic carbocycles. The number of hydrazone groups is 1. The van der Waals surface area contributed by atoms with Crippen LogP contribution in [0.2, 0.25) is 0 Å². The molecule has 2 atom stereocenters. The van der Waals surface area contributed by atoms with Gasteiger partial charge in [0.1, 0.15) is 6.04 Å². The molecule has 0 saturated heterocycles. The summed E-state index contributed by atoms with van der Waals surface area (Å²) in [5, 5.41) is 15.9. The molecular weight excluding hydrogens is 210 g/mol. The molecule has 1 aliphatic heterocycles. The van der Waals surface area contributed by atoms with E-state index in [1.807, 2.05) is 35.3 Å². The van der Waals surface area contributed by atoms with Crippen molar-refractivity contribution in [2.75, 3.05) is 5.01 Å². The maximum atomic E-state index is 9.28. The number of hydrogen-bond acceptors (Lipinski definition) is 3. The van der Waals surface area contributed by atoms with E-state index < -0.39 is 0 Å². The zero-order chi connectivity index (χ0) is 11.7. The Balaban J connectivity index is 1.97. The first-order valence-corrected chi connectivity index (χ1v) is 6.20. The van der Waals surface area contributed by atoms with E-state index >= 15 is 0 Å². The molecule has 0 bridgehead atoms. The summed E-state index contributed by atoms with van der Waals surface area (Å²) in [6, 6.07) is 12.3. The first kappa shape index (κ1) is 10.3. The van der Waals surface area contributed by atoms with Gasteiger partial charge in [-0.2, -0.15) is 10.4 Å². The van der Waals surface area contributed by atoms with Gasteiger partial charge < -0.3 is 0 Å². The first-order chi connectivity index (χ1) is 8.38. The van der Waals surface area contributed by atoms with Crippen molar-refractivity contribution in [3.05, 3.63) is 30.3 Å². The quantitative estimate of drug-likeness (QED) is 0.737. The Kier molecular flexibility index (Phi) is 2.56. The molecule has 2 aliphatic rings. The minimum Gasteiger partial charge on any atom is -0.248 e. The highest BCUT2D eigenvalue weighted by molar-refractivity contribution is 5.90. The SMILES string of the molecule is N#CC1CC2CCCC2=NN1c1ccccc1. The molecule has 1 aromatic carbocycles. The molecule has 3 nitrogen and oxygen atoms in total. The molecule has 1 heterocycles. The summed E-state index contributed by atoms with van der Waals surface area (Å²) in [5.74, 6) is 0.555. The highest BCUT2D eigenvalue weighted by Gasteiger charge is 2.34. The summed E-state index contributed by atoms with van der Waals surface area (Å²) < 4.78 is 0. The van der Waals surface area contributed by atoms with Crippen LogP contribution in [0.1, 0.15) is 25.7 Å². The van der Waals surface area contributed by atoms with E-state index in [1.54, 1.807) is 0 Å². The van der Waals surface area contributed by atoms with Crippen molar-refractivity contribution in [3.63, 3.8) is 0 Å². The molecule has 0 aromatic heterocycles. The number of benzene rings is 1. The lowest BCUT2D eigenvalue weighted by Crippen LogP contribution is -2.38. The van der Waals surface area contributed by atoms with E-state index in [-0.39, 0.29) is 6.04 Å². The van der Waals surface area contributed by atoms with Gasteiger partial charge in [-0.05, 0) is 37.8 Å². The Hall–Kier alpha value is -1.82. The van der Waals surface area contributed by atoms with E-state index in [0.717, 1.165) is 18.5 Å². The van der Waals surface area contributed by atoms with Gasteiger partial charge in [0, 0.05) is 11.6 Å². The second-order valence-electron chi connectivity index (χ2n) is 4.74. The maximum Gasteiger partial charge on any atom is 0.139 e. The molecule has 17 heavy (non-hydrogen) atoms. The summed E-state index contributed by atoms with van der Waals surface area (Å²) in [5.41, 5.74) is 2.32. The van der Waals surface area contributed by atoms with E-state index in [2.05, 4.69) is 6.07 Å². The Labute approximate surface area is 101 Å². The Morgan fingerprint density at radius 2 is 2.12 bits per heavy atom. The normalized spacial score (nSPS) is 27.2. The van der Waals surface area contributed by atoms with Crippen LogP contribution in [0.15, 0.2) is 35.4 Å². The van der Waals surface area contributed by atoms with Crippen molar-refractivity contribution in [1.29, 1.82) is 5.26 Å². The first-order valence-electron chi connectivity index (χ1n) is 6.20. The fraction of sp³-hybridized carbons (Fsp3) is 0.429. The van der Waals surface area contributed by atoms with Gasteiger partial charge >= 0.3 is 0 Å². The van der Waals surface area contributed by atoms with Gasteiger partial charge in [-0.25, -0.2) is 5.01 Å². The standard InChI is InChI=1S/C14H15N3/c15-10-13-9-11-5-4-8-14(11)16-17(13)12-6-2-1-3-7-12/h1-3,6-7,11,13H,4-5,8-9H2. The van der Waals surface area contributed by atoms with Crippen molar-refractivity contribution >= 4 is 11.4 Å². The summed E-state index contributed by atoms with van der Waals surface area (Å²) in [7, 11) is 0. The van der Waals surface area contributed by atoms with E-state index in [1.165, 1.54) is 18.6 Å². The molecule has 86 valence electrons. The highest BCUT2D eigenvalue weighted by Crippen LogP contribution is 2.34. The van der Waals surface area contributed by atoms with Crippen molar-refractivity contribution in [1.82, 2.24) is 0 Å². The summed E-state index contributed by atoms with van der Waals surface area (Å²) in [6.45, 7) is 0. The van der Waals surface area contributed by atoms with Gasteiger partial charge in [-0.3, -0.25) is 0 Å². The van der Waals surface area contributed by atoms with Crippen LogP contribution in [0, 0.1) is 17.2 Å². The molecule has 0 amide bonds. The van der Waals surface area contributed by atoms with Gasteiger partial charge in [-0.1, -0.05) is 18.2 Å². The molecule has 1 aromatic rings. The third kappa shape index (κ3) is 1.80. The molecule has 0 spiro atoms. The summed E-state index contributed by atoms with van der Waals surface area (Å²) in [6.07, 6.45) is 4.47. The summed E-state index contributed by atoms with van der Waals surface area (Å²) in [4.78, 5) is 0. The van der Waals surface area contributed by atoms with Crippen LogP contribution in [-0.2, 0) is 0 Å². The zero-order valence-corrected chi connectivity index (χ0v) is 9.71. The van der Waals surface area contributed by atoms with Gasteiger partial charge in [0.05, 0.1) is 11.8 Å². The lowest BCUT2D eigenvalue weighted by Gasteiger charge is -2.32. The predicted octanol–water partition coefficient (Wildman–Crippen LogP) is 2.94. The second-order valence-corrected chi connectivity index (χ2v) is 4.74. The molecule has 0 N–H and O–H groups in total. The molecule has 3 rings (SSSR count). The maximum absolute atomic E-state index is 9.28. The molecule has 2 unspecified atom stereocenters. The number of para-hydroxylation sites is 1. The van der Waals surface area contributed by atoms with Crippen molar-refractivity contribution in [2.45, 2.75) is 31.7 Å². The van der Waals surface area contributed by atoms with Gasteiger partial charge in [0.25, 0.3) is 0 Å². The number of hydrogen-bond donors (Lipinski definition) is 0. The molecule has 1 saturated carbocycles. The number of fused-ring (bicyclic) bond motifs is 1. The number of rotatable bonds is 1. The largest absolute Gasteiger partial charge is 0.248 e. The molecular formula is C14H15N3. The van der Waals surface area contributed by atoms with Crippen LogP contribution in [0.5, 0.6) is 0 Å². The van der Waals surface area contributed by atoms with Crippen LogP contribution in [0.3, 0.4) is 0 Å². The third-order valence-corrected chi connectivity index (χ3v) is 3.67. The van der Waals surface area contributed by atoms with Crippen LogP contribution in [0.25, 0.3) is 0 Å². The zero-order valence-electron chi connectivity index (χ0n) is 9.71. The van der Waals surface area contributed by atoms with Gasteiger partial charge in [0.15, 0.2) is 0 Å². The Bertz CT molecular complexity index is 472. The lowest BCUT2D eigenvalue weighted by molar-refractivity contribution is 0.524. The van der Waals surface area contributed by atoms with E-state index in [9.17, 15) is 5.26 Å². The average molecular weight is 225 g/mol. The number of nitrogens with zero attached hydrogens (tertiary/aromatic N) is 3. The average Bonchev–Trinajstić information content (AvgIpc) is 2.85. The Morgan fingerprint density at radius 3 is 2.88 bits per heavy atom. The lowest BCUT2D eigenvalue weighted by atomic mass is 9.95. The van der Waals surface area contributed by atoms with E-state index in [0.29, 0.717) is 5.92 Å². The van der Waals surface area contributed by atoms with Crippen molar-refractivity contribution in [3.8, 4) is 6.07 Å². The number of anilines is 1. The molecule has 1 fully saturated rings. The fourth-order valence-electron chi connectivity index (χ4n) is 2.79. The van der Waals surface area contributed by atoms with Gasteiger partial charge in [-0.15, -0.1) is 0 Å². The monoisotopic (exact) mass is 225 g/mol. The third-order valence-electron chi connectivity index (χ3n) is 3.67. The summed E-state index contributed by atoms with van der Waals surface area (Å²) >= 11 is 0. The smallest absolute Gasteiger partial charge is 0.139 e. The second kappa shape index (κ2) is 4.21. The van der Waals surface area contributed by atoms with Crippen LogP contribution in [0.4, 0.5) is 5.69 Å². The van der Waals surface area contributed by atoms with Gasteiger partial charge in [0.2, 0.25) is 0 Å². The predicted molar refractivity (Wildman–Crippen MR) is 67.7 cm³/mol. The molecule has 3 heteroatoms. The fourth-order valence-corrected chi connectivity index (χ4v) is 2.79. The van der Waals surface area contributed by atoms with E-state index in [4.69, 9.17) is 5.10 Å². The minimum atomic E-state index is -0.107.